The molecule has 0 bridgehead atoms. The summed E-state index contributed by atoms with van der Waals surface area (Å²) in [6.07, 6.45) is 0. The fraction of sp³-hybridized carbons (Fsp3) is 0.625. The van der Waals surface area contributed by atoms with E-state index in [1.807, 2.05) is 18.2 Å². The minimum absolute atomic E-state index is 0.442. The molecule has 0 unspecified atom stereocenters. The summed E-state index contributed by atoms with van der Waals surface area (Å²) < 4.78 is 9.10. The maximum atomic E-state index is 6.17. The molecule has 0 aliphatic carbocycles. The van der Waals surface area contributed by atoms with Crippen molar-refractivity contribution in [1.29, 1.82) is 0 Å². The molecule has 7 heteroatoms. The van der Waals surface area contributed by atoms with Gasteiger partial charge in [0.2, 0.25) is 3.79 Å². The Balaban J connectivity index is 2.90. The van der Waals surface area contributed by atoms with Crippen molar-refractivity contribution in [3.8, 4) is 11.5 Å². The summed E-state index contributed by atoms with van der Waals surface area (Å²) in [4.78, 5) is 2.30. The minimum atomic E-state index is -1.47. The van der Waals surface area contributed by atoms with Crippen LogP contribution in [0.15, 0.2) is 18.2 Å². The van der Waals surface area contributed by atoms with Crippen molar-refractivity contribution in [2.45, 2.75) is 23.7 Å². The van der Waals surface area contributed by atoms with Gasteiger partial charge in [0.05, 0.1) is 20.3 Å². The van der Waals surface area contributed by atoms with Crippen LogP contribution in [0.1, 0.15) is 25.5 Å². The van der Waals surface area contributed by atoms with Gasteiger partial charge in [-0.25, -0.2) is 0 Å². The molecule has 0 saturated carbocycles. The molecule has 1 aromatic carbocycles. The van der Waals surface area contributed by atoms with E-state index >= 15 is 0 Å². The highest BCUT2D eigenvalue weighted by molar-refractivity contribution is 6.68. The highest BCUT2D eigenvalue weighted by Gasteiger charge is 2.34. The van der Waals surface area contributed by atoms with Crippen LogP contribution < -0.4 is 14.8 Å². The van der Waals surface area contributed by atoms with Crippen molar-refractivity contribution in [2.24, 2.45) is 0 Å². The van der Waals surface area contributed by atoms with Gasteiger partial charge in [0.15, 0.2) is 11.5 Å². The van der Waals surface area contributed by atoms with Crippen molar-refractivity contribution in [1.82, 2.24) is 10.2 Å². The third kappa shape index (κ3) is 6.20. The molecule has 0 spiro atoms. The van der Waals surface area contributed by atoms with E-state index in [-0.39, 0.29) is 0 Å². The first-order valence-electron chi connectivity index (χ1n) is 7.61. The zero-order chi connectivity index (χ0) is 17.5. The molecule has 0 aromatic heterocycles. The average molecular weight is 384 g/mol. The lowest BCUT2D eigenvalue weighted by molar-refractivity contribution is 0.296. The van der Waals surface area contributed by atoms with Gasteiger partial charge in [-0.05, 0) is 30.8 Å². The van der Waals surface area contributed by atoms with E-state index in [0.717, 1.165) is 25.2 Å². The number of rotatable bonds is 9. The molecule has 1 N–H and O–H groups in total. The Morgan fingerprint density at radius 3 is 2.17 bits per heavy atom. The van der Waals surface area contributed by atoms with Crippen LogP contribution in [0, 0.1) is 0 Å². The maximum Gasteiger partial charge on any atom is 0.209 e. The second-order valence-electron chi connectivity index (χ2n) is 5.07. The second-order valence-corrected chi connectivity index (χ2v) is 7.44. The molecule has 23 heavy (non-hydrogen) atoms. The third-order valence-electron chi connectivity index (χ3n) is 3.74. The van der Waals surface area contributed by atoms with E-state index in [0.29, 0.717) is 18.0 Å². The van der Waals surface area contributed by atoms with Crippen LogP contribution in [0.3, 0.4) is 0 Å². The van der Waals surface area contributed by atoms with Crippen LogP contribution in [0.2, 0.25) is 0 Å². The number of nitrogens with zero attached hydrogens (tertiary/aromatic N) is 1. The van der Waals surface area contributed by atoms with Gasteiger partial charge in [0.25, 0.3) is 0 Å². The van der Waals surface area contributed by atoms with Crippen LogP contribution in [0.4, 0.5) is 0 Å². The van der Waals surface area contributed by atoms with Gasteiger partial charge in [0.1, 0.15) is 0 Å². The number of ether oxygens (including phenoxy) is 2. The lowest BCUT2D eigenvalue weighted by atomic mass is 10.1. The summed E-state index contributed by atoms with van der Waals surface area (Å²) >= 11 is 18.5. The summed E-state index contributed by atoms with van der Waals surface area (Å²) in [5.74, 6) is 1.25. The van der Waals surface area contributed by atoms with Gasteiger partial charge in [-0.2, -0.15) is 0 Å². The van der Waals surface area contributed by atoms with Crippen LogP contribution in [-0.4, -0.2) is 49.1 Å². The van der Waals surface area contributed by atoms with Crippen LogP contribution in [0.25, 0.3) is 0 Å². The SMILES string of the molecule is CCN(CC)CCN[C@@H](c1ccc(OC)c(OC)c1)C(Cl)(Cl)Cl. The monoisotopic (exact) mass is 382 g/mol. The van der Waals surface area contributed by atoms with Crippen molar-refractivity contribution in [3.05, 3.63) is 23.8 Å². The van der Waals surface area contributed by atoms with E-state index in [4.69, 9.17) is 44.3 Å². The Hall–Kier alpha value is -0.390. The predicted octanol–water partition coefficient (Wildman–Crippen LogP) is 4.05. The first-order valence-corrected chi connectivity index (χ1v) is 8.75. The van der Waals surface area contributed by atoms with Gasteiger partial charge >= 0.3 is 0 Å². The summed E-state index contributed by atoms with van der Waals surface area (Å²) in [6, 6.07) is 5.07. The molecule has 1 aromatic rings. The number of methoxy groups -OCH3 is 2. The zero-order valence-corrected chi connectivity index (χ0v) is 16.3. The van der Waals surface area contributed by atoms with Crippen molar-refractivity contribution >= 4 is 34.8 Å². The first kappa shape index (κ1) is 20.7. The molecule has 4 nitrogen and oxygen atoms in total. The number of halogens is 3. The topological polar surface area (TPSA) is 33.7 Å². The summed E-state index contributed by atoms with van der Waals surface area (Å²) in [5, 5.41) is 3.33. The maximum absolute atomic E-state index is 6.17. The molecule has 0 saturated heterocycles. The lowest BCUT2D eigenvalue weighted by Crippen LogP contribution is -2.38. The molecule has 0 aliphatic heterocycles. The second kappa shape index (κ2) is 9.80. The molecular weight excluding hydrogens is 359 g/mol. The molecule has 1 atom stereocenters. The molecule has 132 valence electrons. The van der Waals surface area contributed by atoms with Crippen LogP contribution in [-0.2, 0) is 0 Å². The Labute approximate surface area is 154 Å². The van der Waals surface area contributed by atoms with Crippen molar-refractivity contribution in [3.63, 3.8) is 0 Å². The number of nitrogens with one attached hydrogen (secondary N) is 1. The Morgan fingerprint density at radius 1 is 1.09 bits per heavy atom. The quantitative estimate of drug-likeness (QED) is 0.652. The number of alkyl halides is 3. The normalized spacial score (nSPS) is 13.2. The molecular formula is C16H25Cl3N2O2. The molecule has 0 radical (unpaired) electrons. The van der Waals surface area contributed by atoms with Gasteiger partial charge in [-0.15, -0.1) is 0 Å². The number of hydrogen-bond donors (Lipinski definition) is 1. The lowest BCUT2D eigenvalue weighted by Gasteiger charge is -2.28. The highest BCUT2D eigenvalue weighted by Crippen LogP contribution is 2.41. The third-order valence-corrected chi connectivity index (χ3v) is 4.39. The minimum Gasteiger partial charge on any atom is -0.493 e. The van der Waals surface area contributed by atoms with Crippen LogP contribution >= 0.6 is 34.8 Å². The standard InChI is InChI=1S/C16H25Cl3N2O2/c1-5-21(6-2)10-9-20-15(16(17,18)19)12-7-8-13(22-3)14(11-12)23-4/h7-8,11,15,20H,5-6,9-10H2,1-4H3/t15-/m0/s1. The Bertz CT molecular complexity index is 477. The van der Waals surface area contributed by atoms with E-state index in [1.165, 1.54) is 0 Å². The largest absolute Gasteiger partial charge is 0.493 e. The summed E-state index contributed by atoms with van der Waals surface area (Å²) in [5.41, 5.74) is 0.835. The van der Waals surface area contributed by atoms with E-state index in [1.54, 1.807) is 14.2 Å². The number of benzene rings is 1. The predicted molar refractivity (Wildman–Crippen MR) is 98.4 cm³/mol. The number of likely N-dealkylation sites (N-methyl/N-ethyl adjacent to an activating group) is 1. The van der Waals surface area contributed by atoms with Gasteiger partial charge in [0, 0.05) is 13.1 Å². The van der Waals surface area contributed by atoms with Gasteiger partial charge < -0.3 is 19.7 Å². The molecule has 1 rings (SSSR count). The van der Waals surface area contributed by atoms with E-state index < -0.39 is 9.83 Å². The zero-order valence-electron chi connectivity index (χ0n) is 14.0. The molecule has 0 amide bonds. The fourth-order valence-corrected chi connectivity index (χ4v) is 2.97. The molecule has 0 heterocycles. The van der Waals surface area contributed by atoms with Crippen LogP contribution in [0.5, 0.6) is 11.5 Å². The summed E-state index contributed by atoms with van der Waals surface area (Å²) in [6.45, 7) is 7.85. The molecule has 0 fully saturated rings. The van der Waals surface area contributed by atoms with E-state index in [2.05, 4.69) is 24.1 Å². The van der Waals surface area contributed by atoms with Crippen molar-refractivity contribution < 1.29 is 9.47 Å². The smallest absolute Gasteiger partial charge is 0.209 e. The Kier molecular flexibility index (Phi) is 8.80. The van der Waals surface area contributed by atoms with Crippen molar-refractivity contribution in [2.75, 3.05) is 40.4 Å². The molecule has 0 aliphatic rings. The van der Waals surface area contributed by atoms with Gasteiger partial charge in [-0.3, -0.25) is 0 Å². The average Bonchev–Trinajstić information content (AvgIpc) is 2.53. The van der Waals surface area contributed by atoms with E-state index in [9.17, 15) is 0 Å². The fourth-order valence-electron chi connectivity index (χ4n) is 2.36. The first-order chi connectivity index (χ1) is 10.9. The van der Waals surface area contributed by atoms with Gasteiger partial charge in [-0.1, -0.05) is 54.7 Å². The number of hydrogen-bond acceptors (Lipinski definition) is 4. The Morgan fingerprint density at radius 2 is 1.70 bits per heavy atom. The summed E-state index contributed by atoms with van der Waals surface area (Å²) in [7, 11) is 3.17. The highest BCUT2D eigenvalue weighted by atomic mass is 35.6.